The van der Waals surface area contributed by atoms with Crippen molar-refractivity contribution in [1.82, 2.24) is 9.80 Å². The van der Waals surface area contributed by atoms with Gasteiger partial charge in [0.05, 0.1) is 30.5 Å². The Morgan fingerprint density at radius 1 is 0.696 bits per heavy atom. The van der Waals surface area contributed by atoms with Gasteiger partial charge in [-0.05, 0) is 43.7 Å². The van der Waals surface area contributed by atoms with Crippen molar-refractivity contribution in [2.24, 2.45) is 22.7 Å². The zero-order chi connectivity index (χ0) is 32.9. The first-order valence-corrected chi connectivity index (χ1v) is 15.7. The Kier molecular flexibility index (Phi) is 10.1. The molecule has 10 nitrogen and oxygen atoms in total. The average Bonchev–Trinajstić information content (AvgIpc) is 3.97. The van der Waals surface area contributed by atoms with Crippen molar-refractivity contribution in [2.75, 3.05) is 32.8 Å². The van der Waals surface area contributed by atoms with Gasteiger partial charge in [-0.2, -0.15) is 0 Å². The number of alkyl halides is 2. The fourth-order valence-electron chi connectivity index (χ4n) is 6.50. The zero-order valence-corrected chi connectivity index (χ0v) is 25.8. The minimum absolute atomic E-state index is 0.0283. The number of benzene rings is 2. The predicted octanol–water partition coefficient (Wildman–Crippen LogP) is 5.39. The number of carboxylic acid groups (broad SMARTS) is 1. The van der Waals surface area contributed by atoms with E-state index in [-0.39, 0.29) is 52.0 Å². The molecule has 0 aromatic heterocycles. The third-order valence-electron chi connectivity index (χ3n) is 9.53. The standard InChI is InChI=1S/C18H22FNO4.C16H18FNO4/c1-2-23-16(21)18(8-9-18)14-10-20(11-15(14)19)17(22)24-12-13-6-4-3-5-7-13;17-13-9-18(8-12(13)16(6-7-16)14(19)20)15(21)22-10-11-4-2-1-3-5-11/h3-7,14-15H,2,8-12H2,1H3;1-5,12-13H,6-10H2,(H,19,20)/t14-,15-;12-,13-/m00/s1. The maximum atomic E-state index is 14.4. The molecule has 0 unspecified atom stereocenters. The second-order valence-corrected chi connectivity index (χ2v) is 12.5. The Hall–Kier alpha value is -4.22. The molecular formula is C34H40F2N2O8. The molecule has 0 bridgehead atoms. The summed E-state index contributed by atoms with van der Waals surface area (Å²) in [5.74, 6) is -2.42. The highest BCUT2D eigenvalue weighted by atomic mass is 19.1. The summed E-state index contributed by atoms with van der Waals surface area (Å²) in [5.41, 5.74) is 0.00813. The van der Waals surface area contributed by atoms with Crippen molar-refractivity contribution in [2.45, 2.75) is 58.2 Å². The Labute approximate surface area is 266 Å². The lowest BCUT2D eigenvalue weighted by Crippen LogP contribution is -2.34. The number of esters is 1. The normalized spacial score (nSPS) is 25.1. The molecule has 2 aliphatic carbocycles. The molecule has 2 heterocycles. The molecular weight excluding hydrogens is 602 g/mol. The molecule has 2 amide bonds. The molecule has 4 aliphatic rings. The van der Waals surface area contributed by atoms with Gasteiger partial charge in [0.1, 0.15) is 25.6 Å². The summed E-state index contributed by atoms with van der Waals surface area (Å²) in [5, 5.41) is 9.26. The smallest absolute Gasteiger partial charge is 0.410 e. The van der Waals surface area contributed by atoms with Crippen LogP contribution in [0.25, 0.3) is 0 Å². The quantitative estimate of drug-likeness (QED) is 0.285. The minimum Gasteiger partial charge on any atom is -0.481 e. The van der Waals surface area contributed by atoms with Crippen LogP contribution in [0.1, 0.15) is 43.7 Å². The van der Waals surface area contributed by atoms with E-state index >= 15 is 0 Å². The van der Waals surface area contributed by atoms with Gasteiger partial charge < -0.3 is 29.1 Å². The van der Waals surface area contributed by atoms with Crippen molar-refractivity contribution < 1.29 is 47.3 Å². The number of rotatable bonds is 9. The van der Waals surface area contributed by atoms with Crippen LogP contribution in [0, 0.1) is 22.7 Å². The number of hydrogen-bond acceptors (Lipinski definition) is 7. The maximum absolute atomic E-state index is 14.4. The molecule has 2 aromatic rings. The highest BCUT2D eigenvalue weighted by molar-refractivity contribution is 5.81. The van der Waals surface area contributed by atoms with Gasteiger partial charge in [0.25, 0.3) is 0 Å². The molecule has 2 saturated heterocycles. The predicted molar refractivity (Wildman–Crippen MR) is 161 cm³/mol. The van der Waals surface area contributed by atoms with Crippen LogP contribution in [-0.4, -0.2) is 84.2 Å². The molecule has 4 fully saturated rings. The number of nitrogens with zero attached hydrogens (tertiary/aromatic N) is 2. The van der Waals surface area contributed by atoms with Crippen molar-refractivity contribution in [3.8, 4) is 0 Å². The number of carboxylic acids is 1. The average molecular weight is 643 g/mol. The van der Waals surface area contributed by atoms with Crippen molar-refractivity contribution >= 4 is 24.1 Å². The lowest BCUT2D eigenvalue weighted by atomic mass is 9.87. The topological polar surface area (TPSA) is 123 Å². The molecule has 0 radical (unpaired) electrons. The molecule has 12 heteroatoms. The largest absolute Gasteiger partial charge is 0.481 e. The monoisotopic (exact) mass is 642 g/mol. The second-order valence-electron chi connectivity index (χ2n) is 12.5. The summed E-state index contributed by atoms with van der Waals surface area (Å²) in [6.45, 7) is 2.50. The van der Waals surface area contributed by atoms with E-state index in [9.17, 15) is 33.1 Å². The zero-order valence-electron chi connectivity index (χ0n) is 25.8. The molecule has 2 aliphatic heterocycles. The lowest BCUT2D eigenvalue weighted by Gasteiger charge is -2.22. The van der Waals surface area contributed by atoms with E-state index in [1.165, 1.54) is 9.80 Å². The summed E-state index contributed by atoms with van der Waals surface area (Å²) in [6, 6.07) is 18.6. The third kappa shape index (κ3) is 7.26. The Bertz CT molecular complexity index is 1390. The van der Waals surface area contributed by atoms with Crippen LogP contribution < -0.4 is 0 Å². The van der Waals surface area contributed by atoms with E-state index in [1.54, 1.807) is 6.92 Å². The van der Waals surface area contributed by atoms with Gasteiger partial charge in [0.15, 0.2) is 0 Å². The molecule has 6 rings (SSSR count). The van der Waals surface area contributed by atoms with Gasteiger partial charge in [-0.15, -0.1) is 0 Å². The lowest BCUT2D eigenvalue weighted by molar-refractivity contribution is -0.152. The number of ether oxygens (including phenoxy) is 3. The van der Waals surface area contributed by atoms with Crippen molar-refractivity contribution in [1.29, 1.82) is 0 Å². The molecule has 248 valence electrons. The number of hydrogen-bond donors (Lipinski definition) is 1. The van der Waals surface area contributed by atoms with Crippen molar-refractivity contribution in [3.63, 3.8) is 0 Å². The molecule has 0 spiro atoms. The third-order valence-corrected chi connectivity index (χ3v) is 9.53. The first-order chi connectivity index (χ1) is 22.1. The minimum atomic E-state index is -1.30. The van der Waals surface area contributed by atoms with Crippen LogP contribution in [0.2, 0.25) is 0 Å². The number of carbonyl (C=O) groups is 4. The van der Waals surface area contributed by atoms with E-state index in [1.807, 2.05) is 60.7 Å². The Morgan fingerprint density at radius 2 is 1.11 bits per heavy atom. The van der Waals surface area contributed by atoms with Gasteiger partial charge in [-0.1, -0.05) is 60.7 Å². The summed E-state index contributed by atoms with van der Waals surface area (Å²) < 4.78 is 44.1. The Morgan fingerprint density at radius 3 is 1.48 bits per heavy atom. The highest BCUT2D eigenvalue weighted by Gasteiger charge is 2.62. The van der Waals surface area contributed by atoms with Crippen LogP contribution in [0.15, 0.2) is 60.7 Å². The molecule has 46 heavy (non-hydrogen) atoms. The summed E-state index contributed by atoms with van der Waals surface area (Å²) >= 11 is 0. The van der Waals surface area contributed by atoms with Crippen LogP contribution >= 0.6 is 0 Å². The van der Waals surface area contributed by atoms with E-state index in [0.717, 1.165) is 11.1 Å². The van der Waals surface area contributed by atoms with E-state index in [0.29, 0.717) is 25.7 Å². The number of amides is 2. The number of halogens is 2. The van der Waals surface area contributed by atoms with Gasteiger partial charge >= 0.3 is 24.1 Å². The van der Waals surface area contributed by atoms with E-state index < -0.39 is 53.2 Å². The molecule has 2 aromatic carbocycles. The molecule has 4 atom stereocenters. The summed E-state index contributed by atoms with van der Waals surface area (Å²) in [6.07, 6.45) is -1.42. The van der Waals surface area contributed by atoms with E-state index in [4.69, 9.17) is 14.2 Å². The summed E-state index contributed by atoms with van der Waals surface area (Å²) in [4.78, 5) is 50.3. The summed E-state index contributed by atoms with van der Waals surface area (Å²) in [7, 11) is 0. The number of likely N-dealkylation sites (tertiary alicyclic amines) is 2. The fraction of sp³-hybridized carbons (Fsp3) is 0.529. The van der Waals surface area contributed by atoms with Gasteiger partial charge in [-0.3, -0.25) is 9.59 Å². The van der Waals surface area contributed by atoms with Gasteiger partial charge in [-0.25, -0.2) is 18.4 Å². The maximum Gasteiger partial charge on any atom is 0.410 e. The van der Waals surface area contributed by atoms with E-state index in [2.05, 4.69) is 0 Å². The fourth-order valence-corrected chi connectivity index (χ4v) is 6.50. The number of carbonyl (C=O) groups excluding carboxylic acids is 3. The van der Waals surface area contributed by atoms with Crippen molar-refractivity contribution in [3.05, 3.63) is 71.8 Å². The van der Waals surface area contributed by atoms with Gasteiger partial charge in [0, 0.05) is 24.9 Å². The highest BCUT2D eigenvalue weighted by Crippen LogP contribution is 2.57. The first kappa shape index (κ1) is 33.2. The van der Waals surface area contributed by atoms with Crippen LogP contribution in [0.5, 0.6) is 0 Å². The second kappa shape index (κ2) is 14.0. The molecule has 2 saturated carbocycles. The SMILES string of the molecule is CCOC(=O)C1([C@H]2CN(C(=O)OCc3ccccc3)C[C@@H]2F)CC1.O=C(OCc1ccccc1)N1C[C@H](F)[C@@H](C2(C(=O)O)CC2)C1. The molecule has 1 N–H and O–H groups in total. The van der Waals surface area contributed by atoms with Crippen LogP contribution in [-0.2, 0) is 37.0 Å². The Balaban J connectivity index is 0.000000182. The van der Waals surface area contributed by atoms with Gasteiger partial charge in [0.2, 0.25) is 0 Å². The van der Waals surface area contributed by atoms with Crippen LogP contribution in [0.3, 0.4) is 0 Å². The van der Waals surface area contributed by atoms with Crippen LogP contribution in [0.4, 0.5) is 18.4 Å². The number of aliphatic carboxylic acids is 1. The first-order valence-electron chi connectivity index (χ1n) is 15.7.